The van der Waals surface area contributed by atoms with E-state index in [4.69, 9.17) is 0 Å². The van der Waals surface area contributed by atoms with Gasteiger partial charge in [0.1, 0.15) is 86.4 Å². The summed E-state index contributed by atoms with van der Waals surface area (Å²) < 4.78 is 303. The summed E-state index contributed by atoms with van der Waals surface area (Å²) in [6.07, 6.45) is -37.7. The van der Waals surface area contributed by atoms with Crippen molar-refractivity contribution >= 4 is 110 Å². The molecular formula is C98H86B2Cu2F24N8P4+4. The molecule has 0 fully saturated rings. The number of benzene rings is 12. The first kappa shape index (κ1) is 112. The molecule has 0 amide bonds. The Kier molecular flexibility index (Phi) is 41.8. The van der Waals surface area contributed by atoms with Gasteiger partial charge in [-0.1, -0.05) is 258 Å². The van der Waals surface area contributed by atoms with Crippen LogP contribution in [0.15, 0.2) is 388 Å². The summed E-state index contributed by atoms with van der Waals surface area (Å²) in [6, 6.07) is 128. The van der Waals surface area contributed by atoms with Gasteiger partial charge in [-0.2, -0.15) is 105 Å². The average molecular weight is 2100 g/mol. The molecule has 138 heavy (non-hydrogen) atoms. The molecule has 0 spiro atoms. The Morgan fingerprint density at radius 2 is 0.297 bits per heavy atom. The van der Waals surface area contributed by atoms with Crippen molar-refractivity contribution in [1.82, 2.24) is 38.8 Å². The van der Waals surface area contributed by atoms with Crippen molar-refractivity contribution in [2.75, 3.05) is 0 Å². The molecule has 0 saturated carbocycles. The summed E-state index contributed by atoms with van der Waals surface area (Å²) in [7, 11) is -9.91. The number of unbranched alkanes of at least 4 members (excludes halogenated alkanes) is 3. The van der Waals surface area contributed by atoms with Gasteiger partial charge in [0, 0.05) is 0 Å². The number of hydrogen-bond acceptors (Lipinski definition) is 4. The molecule has 0 aliphatic heterocycles. The minimum atomic E-state index is -5.45. The zero-order valence-electron chi connectivity index (χ0n) is 73.0. The Morgan fingerprint density at radius 3 is 0.384 bits per heavy atom. The van der Waals surface area contributed by atoms with Crippen LogP contribution in [0.25, 0.3) is 0 Å². The van der Waals surface area contributed by atoms with Gasteiger partial charge < -0.3 is 18.4 Å². The predicted molar refractivity (Wildman–Crippen MR) is 504 cm³/mol. The molecule has 0 bridgehead atoms. The second-order valence-electron chi connectivity index (χ2n) is 30.1. The molecule has 16 aromatic rings. The van der Waals surface area contributed by atoms with E-state index in [9.17, 15) is 105 Å². The van der Waals surface area contributed by atoms with Gasteiger partial charge in [0.15, 0.2) is 37.9 Å². The second-order valence-corrected chi connectivity index (χ2v) is 40.1. The van der Waals surface area contributed by atoms with Crippen LogP contribution in [0.5, 0.6) is 0 Å². The summed E-state index contributed by atoms with van der Waals surface area (Å²) in [5.41, 5.74) is -16.5. The number of halogens is 24. The molecule has 0 unspecified atom stereocenters. The van der Waals surface area contributed by atoms with E-state index in [1.165, 1.54) is 89.3 Å². The van der Waals surface area contributed by atoms with Crippen LogP contribution in [-0.4, -0.2) is 53.9 Å². The molecule has 4 aromatic heterocycles. The Balaban J connectivity index is 0.000000201. The van der Waals surface area contributed by atoms with Crippen LogP contribution in [0, 0.1) is 0 Å². The van der Waals surface area contributed by atoms with Crippen molar-refractivity contribution in [3.05, 3.63) is 434 Å². The second kappa shape index (κ2) is 51.6. The standard InChI is InChI=1S/4C18H15P.2C10H4BF12N4.C6H14.2Cu/c4*1-4-10-16(11-5-1)19(17-12-6-2-7-13-17)18-14-8-3-9-15-18;2*12-7(13,14)3-1-5(9(18,19)20)26(24-3)11-27-6(10(21,22)23)2-4(25-27)8(15,16)17;1-3-5-6-4-2;;/h4*1-15H;2*1-2H,11H2;3-6H2,1-2H3;;/q;;;;2*-1;;2*+1/p+4. The van der Waals surface area contributed by atoms with E-state index in [0.29, 0.717) is 0 Å². The van der Waals surface area contributed by atoms with E-state index in [-0.39, 0.29) is 34.1 Å². The molecule has 0 atom stereocenters. The Morgan fingerprint density at radius 1 is 0.188 bits per heavy atom. The topological polar surface area (TPSA) is 71.3 Å². The van der Waals surface area contributed by atoms with E-state index < -0.39 is 184 Å². The molecule has 0 aliphatic rings. The Bertz CT molecular complexity index is 5080. The van der Waals surface area contributed by atoms with Gasteiger partial charge in [-0.25, -0.2) is 20.4 Å². The van der Waals surface area contributed by atoms with Crippen LogP contribution in [0.3, 0.4) is 0 Å². The SMILES string of the molecule is CCCCCC.FC(F)(F)c1cc(C(F)(F)F)n([BH2-]n2nc(C(F)(F)F)cc2C(F)(F)F)n1.FC(F)(F)c1cc(C(F)(F)F)n([BH2-]n2nc(C(F)(F)F)cc2C(F)(F)F)n1.[Cu+].[Cu+].c1ccc([PH+](c2ccccc2)c2ccccc2)cc1.c1ccc([PH+](c2ccccc2)c2ccccc2)cc1.c1ccc([PH+](c2ccccc2)c2ccccc2)cc1.c1ccc([PH+](c2ccccc2)c2ccccc2)cc1. The van der Waals surface area contributed by atoms with Crippen molar-refractivity contribution in [1.29, 1.82) is 0 Å². The van der Waals surface area contributed by atoms with Crippen LogP contribution < -0.4 is 63.7 Å². The van der Waals surface area contributed by atoms with Crippen LogP contribution in [0.4, 0.5) is 105 Å². The van der Waals surface area contributed by atoms with E-state index in [0.717, 1.165) is 0 Å². The predicted octanol–water partition coefficient (Wildman–Crippen LogP) is 22.4. The molecule has 0 saturated heterocycles. The molecule has 16 rings (SSSR count). The first-order valence-electron chi connectivity index (χ1n) is 42.1. The fraction of sp³-hybridized carbons (Fsp3) is 0.143. The smallest absolute Gasteiger partial charge is 0.418 e. The molecule has 8 nitrogen and oxygen atoms in total. The normalized spacial score (nSPS) is 11.7. The summed E-state index contributed by atoms with van der Waals surface area (Å²) >= 11 is 0. The van der Waals surface area contributed by atoms with Crippen LogP contribution in [0.2, 0.25) is 0 Å². The number of nitrogens with zero attached hydrogens (tertiary/aromatic N) is 8. The van der Waals surface area contributed by atoms with Crippen LogP contribution in [-0.2, 0) is 83.5 Å². The minimum Gasteiger partial charge on any atom is -0.418 e. The van der Waals surface area contributed by atoms with Gasteiger partial charge in [0.25, 0.3) is 0 Å². The average Bonchev–Trinajstić information content (AvgIpc) is 1.62. The fourth-order valence-electron chi connectivity index (χ4n) is 14.2. The number of aromatic nitrogens is 8. The molecular weight excluding hydrogens is 2020 g/mol. The first-order valence-corrected chi connectivity index (χ1v) is 48.1. The summed E-state index contributed by atoms with van der Waals surface area (Å²) in [4.78, 5) is 0. The molecule has 40 heteroatoms. The quantitative estimate of drug-likeness (QED) is 0.0350. The van der Waals surface area contributed by atoms with E-state index >= 15 is 0 Å². The summed E-state index contributed by atoms with van der Waals surface area (Å²) in [6.45, 7) is 4.46. The third-order valence-electron chi connectivity index (χ3n) is 20.3. The zero-order valence-corrected chi connectivity index (χ0v) is 78.9. The van der Waals surface area contributed by atoms with Crippen molar-refractivity contribution in [2.45, 2.75) is 88.9 Å². The van der Waals surface area contributed by atoms with Gasteiger partial charge >= 0.3 is 83.5 Å². The maximum Gasteiger partial charge on any atom is 1.00 e. The van der Waals surface area contributed by atoms with Gasteiger partial charge in [-0.15, -0.1) is 0 Å². The minimum absolute atomic E-state index is 0. The summed E-state index contributed by atoms with van der Waals surface area (Å²) in [5, 5.41) is 27.4. The Hall–Kier alpha value is -11.3. The fourth-order valence-corrected chi connectivity index (χ4v) is 24.5. The van der Waals surface area contributed by atoms with E-state index in [1.807, 2.05) is 0 Å². The van der Waals surface area contributed by atoms with Crippen molar-refractivity contribution in [3.63, 3.8) is 0 Å². The molecule has 0 N–H and O–H groups in total. The van der Waals surface area contributed by atoms with E-state index in [2.05, 4.69) is 398 Å². The first-order chi connectivity index (χ1) is 64.5. The third kappa shape index (κ3) is 33.2. The maximum absolute atomic E-state index is 12.8. The van der Waals surface area contributed by atoms with Crippen LogP contribution >= 0.6 is 31.7 Å². The van der Waals surface area contributed by atoms with Gasteiger partial charge in [0.05, 0.1) is 31.7 Å². The number of rotatable bonds is 19. The van der Waals surface area contributed by atoms with Gasteiger partial charge in [0.2, 0.25) is 0 Å². The number of hydrogen-bond donors (Lipinski definition) is 0. The molecule has 12 aromatic carbocycles. The molecule has 0 radical (unpaired) electrons. The monoisotopic (exact) mass is 2100 g/mol. The van der Waals surface area contributed by atoms with E-state index in [1.54, 1.807) is 0 Å². The van der Waals surface area contributed by atoms with Crippen LogP contribution in [0.1, 0.15) is 85.1 Å². The van der Waals surface area contributed by atoms with Gasteiger partial charge in [-0.05, 0) is 170 Å². The third-order valence-corrected chi connectivity index (χ3v) is 31.2. The van der Waals surface area contributed by atoms with Gasteiger partial charge in [-0.3, -0.25) is 0 Å². The van der Waals surface area contributed by atoms with Crippen molar-refractivity contribution < 1.29 is 140 Å². The maximum atomic E-state index is 12.8. The van der Waals surface area contributed by atoms with Crippen molar-refractivity contribution in [3.8, 4) is 0 Å². The summed E-state index contributed by atoms with van der Waals surface area (Å²) in [5.74, 6) is 0. The Labute approximate surface area is 806 Å². The molecule has 730 valence electrons. The molecule has 0 aliphatic carbocycles. The zero-order chi connectivity index (χ0) is 98.5. The molecule has 4 heterocycles. The largest absolute Gasteiger partial charge is 1.00 e. The number of alkyl halides is 24. The van der Waals surface area contributed by atoms with Crippen molar-refractivity contribution in [2.24, 2.45) is 0 Å².